The largest absolute Gasteiger partial charge is 0.476 e. The minimum Gasteiger partial charge on any atom is -0.476 e. The van der Waals surface area contributed by atoms with Gasteiger partial charge in [-0.1, -0.05) is 20.8 Å². The maximum Gasteiger partial charge on any atom is 0.231 e. The molecule has 3 heterocycles. The first-order chi connectivity index (χ1) is 12.6. The molecule has 132 valence electrons. The van der Waals surface area contributed by atoms with Crippen LogP contribution in [0.25, 0.3) is 22.2 Å². The average molecular weight is 346 g/mol. The maximum absolute atomic E-state index is 9.51. The van der Waals surface area contributed by atoms with Crippen LogP contribution in [0.3, 0.4) is 0 Å². The fraction of sp³-hybridized carbons (Fsp3) is 0.333. The SMILES string of the molecule is CC(C)C[C@@H](C)COc1ncc(-c2nccc3ncccc23)cc1C#N. The number of hydrogen-bond donors (Lipinski definition) is 0. The van der Waals surface area contributed by atoms with Crippen LogP contribution in [0, 0.1) is 23.2 Å². The standard InChI is InChI=1S/C21H22N4O/c1-14(2)9-15(3)13-26-21-16(11-22)10-17(12-25-21)20-18-5-4-7-23-19(18)6-8-24-20/h4-8,10,12,14-15H,9,13H2,1-3H3/t15-/m1/s1. The van der Waals surface area contributed by atoms with Crippen LogP contribution in [0.2, 0.25) is 0 Å². The third kappa shape index (κ3) is 3.97. The molecule has 0 saturated carbocycles. The van der Waals surface area contributed by atoms with Crippen LogP contribution in [0.4, 0.5) is 0 Å². The predicted molar refractivity (Wildman–Crippen MR) is 102 cm³/mol. The summed E-state index contributed by atoms with van der Waals surface area (Å²) in [5.74, 6) is 1.41. The highest BCUT2D eigenvalue weighted by atomic mass is 16.5. The van der Waals surface area contributed by atoms with Gasteiger partial charge in [-0.05, 0) is 42.5 Å². The Morgan fingerprint density at radius 2 is 1.96 bits per heavy atom. The first kappa shape index (κ1) is 17.8. The number of nitriles is 1. The molecular weight excluding hydrogens is 324 g/mol. The van der Waals surface area contributed by atoms with Crippen molar-refractivity contribution in [2.24, 2.45) is 11.8 Å². The lowest BCUT2D eigenvalue weighted by Crippen LogP contribution is -2.12. The molecular formula is C21H22N4O. The Bertz CT molecular complexity index is 941. The molecule has 3 aromatic heterocycles. The number of hydrogen-bond acceptors (Lipinski definition) is 5. The van der Waals surface area contributed by atoms with Gasteiger partial charge in [0.2, 0.25) is 5.88 Å². The summed E-state index contributed by atoms with van der Waals surface area (Å²) in [6.07, 6.45) is 6.25. The van der Waals surface area contributed by atoms with E-state index in [-0.39, 0.29) is 0 Å². The van der Waals surface area contributed by atoms with E-state index < -0.39 is 0 Å². The molecule has 0 aliphatic heterocycles. The molecule has 5 heteroatoms. The molecule has 0 unspecified atom stereocenters. The third-order valence-electron chi connectivity index (χ3n) is 4.15. The first-order valence-electron chi connectivity index (χ1n) is 8.81. The lowest BCUT2D eigenvalue weighted by Gasteiger charge is -2.15. The number of nitrogens with zero attached hydrogens (tertiary/aromatic N) is 4. The topological polar surface area (TPSA) is 71.7 Å². The highest BCUT2D eigenvalue weighted by molar-refractivity contribution is 5.92. The lowest BCUT2D eigenvalue weighted by molar-refractivity contribution is 0.231. The van der Waals surface area contributed by atoms with Crippen molar-refractivity contribution in [3.8, 4) is 23.2 Å². The van der Waals surface area contributed by atoms with Crippen molar-refractivity contribution in [3.63, 3.8) is 0 Å². The van der Waals surface area contributed by atoms with Gasteiger partial charge in [-0.2, -0.15) is 5.26 Å². The molecule has 0 N–H and O–H groups in total. The number of fused-ring (bicyclic) bond motifs is 1. The van der Waals surface area contributed by atoms with Crippen molar-refractivity contribution in [3.05, 3.63) is 48.4 Å². The maximum atomic E-state index is 9.51. The van der Waals surface area contributed by atoms with Gasteiger partial charge in [0.1, 0.15) is 11.6 Å². The quantitative estimate of drug-likeness (QED) is 0.651. The van der Waals surface area contributed by atoms with Crippen LogP contribution in [0.5, 0.6) is 5.88 Å². The number of ether oxygens (including phenoxy) is 1. The van der Waals surface area contributed by atoms with Gasteiger partial charge >= 0.3 is 0 Å². The van der Waals surface area contributed by atoms with E-state index in [9.17, 15) is 5.26 Å². The minimum absolute atomic E-state index is 0.380. The van der Waals surface area contributed by atoms with Crippen LogP contribution in [-0.2, 0) is 0 Å². The summed E-state index contributed by atoms with van der Waals surface area (Å²) in [7, 11) is 0. The van der Waals surface area contributed by atoms with Gasteiger partial charge in [-0.25, -0.2) is 4.98 Å². The first-order valence-corrected chi connectivity index (χ1v) is 8.81. The summed E-state index contributed by atoms with van der Waals surface area (Å²) in [5, 5.41) is 10.4. The van der Waals surface area contributed by atoms with Gasteiger partial charge < -0.3 is 4.74 Å². The van der Waals surface area contributed by atoms with Crippen LogP contribution in [0.15, 0.2) is 42.9 Å². The van der Waals surface area contributed by atoms with E-state index in [0.717, 1.165) is 28.6 Å². The zero-order valence-electron chi connectivity index (χ0n) is 15.3. The molecule has 0 saturated heterocycles. The van der Waals surface area contributed by atoms with Gasteiger partial charge in [0.05, 0.1) is 17.8 Å². The number of aromatic nitrogens is 3. The number of rotatable bonds is 6. The Hall–Kier alpha value is -3.00. The molecule has 3 aromatic rings. The molecule has 5 nitrogen and oxygen atoms in total. The Labute approximate surface area is 153 Å². The van der Waals surface area contributed by atoms with Crippen molar-refractivity contribution in [2.75, 3.05) is 6.61 Å². The lowest BCUT2D eigenvalue weighted by atomic mass is 10.00. The Kier molecular flexibility index (Phi) is 5.43. The molecule has 0 amide bonds. The summed E-state index contributed by atoms with van der Waals surface area (Å²) in [5.41, 5.74) is 2.82. The van der Waals surface area contributed by atoms with E-state index in [1.165, 1.54) is 0 Å². The molecule has 3 rings (SSSR count). The zero-order valence-corrected chi connectivity index (χ0v) is 15.3. The Morgan fingerprint density at radius 3 is 2.73 bits per heavy atom. The summed E-state index contributed by atoms with van der Waals surface area (Å²) in [6, 6.07) is 9.68. The van der Waals surface area contributed by atoms with Crippen molar-refractivity contribution in [1.82, 2.24) is 15.0 Å². The highest BCUT2D eigenvalue weighted by Crippen LogP contribution is 2.28. The van der Waals surface area contributed by atoms with Crippen molar-refractivity contribution >= 4 is 10.9 Å². The van der Waals surface area contributed by atoms with Crippen molar-refractivity contribution in [1.29, 1.82) is 5.26 Å². The summed E-state index contributed by atoms with van der Waals surface area (Å²) < 4.78 is 5.80. The molecule has 1 atom stereocenters. The molecule has 0 radical (unpaired) electrons. The second kappa shape index (κ2) is 7.92. The van der Waals surface area contributed by atoms with Gasteiger partial charge in [0, 0.05) is 29.5 Å². The van der Waals surface area contributed by atoms with E-state index in [4.69, 9.17) is 4.74 Å². The minimum atomic E-state index is 0.380. The monoisotopic (exact) mass is 346 g/mol. The second-order valence-electron chi connectivity index (χ2n) is 6.96. The van der Waals surface area contributed by atoms with Crippen molar-refractivity contribution in [2.45, 2.75) is 27.2 Å². The predicted octanol–water partition coefficient (Wildman–Crippen LogP) is 4.62. The van der Waals surface area contributed by atoms with Gasteiger partial charge in [0.25, 0.3) is 0 Å². The van der Waals surface area contributed by atoms with E-state index in [1.807, 2.05) is 18.2 Å². The highest BCUT2D eigenvalue weighted by Gasteiger charge is 2.13. The van der Waals surface area contributed by atoms with E-state index >= 15 is 0 Å². The van der Waals surface area contributed by atoms with Gasteiger partial charge in [-0.15, -0.1) is 0 Å². The van der Waals surface area contributed by atoms with Gasteiger partial charge in [-0.3, -0.25) is 9.97 Å². The van der Waals surface area contributed by atoms with E-state index in [1.54, 1.807) is 24.7 Å². The third-order valence-corrected chi connectivity index (χ3v) is 4.15. The van der Waals surface area contributed by atoms with E-state index in [2.05, 4.69) is 41.8 Å². The smallest absolute Gasteiger partial charge is 0.231 e. The average Bonchev–Trinajstić information content (AvgIpc) is 2.65. The molecule has 0 aromatic carbocycles. The van der Waals surface area contributed by atoms with Crippen LogP contribution < -0.4 is 4.74 Å². The Balaban J connectivity index is 1.88. The van der Waals surface area contributed by atoms with Gasteiger partial charge in [0.15, 0.2) is 0 Å². The number of pyridine rings is 3. The molecule has 0 spiro atoms. The molecule has 0 aliphatic carbocycles. The fourth-order valence-corrected chi connectivity index (χ4v) is 3.10. The van der Waals surface area contributed by atoms with E-state index in [0.29, 0.717) is 29.9 Å². The molecule has 26 heavy (non-hydrogen) atoms. The van der Waals surface area contributed by atoms with Crippen LogP contribution in [-0.4, -0.2) is 21.6 Å². The van der Waals surface area contributed by atoms with Crippen molar-refractivity contribution < 1.29 is 4.74 Å². The zero-order chi connectivity index (χ0) is 18.5. The Morgan fingerprint density at radius 1 is 1.12 bits per heavy atom. The fourth-order valence-electron chi connectivity index (χ4n) is 3.10. The van der Waals surface area contributed by atoms with Crippen LogP contribution in [0.1, 0.15) is 32.8 Å². The van der Waals surface area contributed by atoms with Crippen LogP contribution >= 0.6 is 0 Å². The molecule has 0 bridgehead atoms. The molecule has 0 fully saturated rings. The molecule has 0 aliphatic rings. The summed E-state index contributed by atoms with van der Waals surface area (Å²) >= 11 is 0. The second-order valence-corrected chi connectivity index (χ2v) is 6.96. The summed E-state index contributed by atoms with van der Waals surface area (Å²) in [6.45, 7) is 7.08. The summed E-state index contributed by atoms with van der Waals surface area (Å²) in [4.78, 5) is 13.2. The normalized spacial score (nSPS) is 12.1.